The van der Waals surface area contributed by atoms with Crippen LogP contribution in [0.25, 0.3) is 0 Å². The quantitative estimate of drug-likeness (QED) is 0.595. The summed E-state index contributed by atoms with van der Waals surface area (Å²) in [4.78, 5) is 16.8. The zero-order valence-electron chi connectivity index (χ0n) is 14.0. The van der Waals surface area contributed by atoms with Gasteiger partial charge in [-0.05, 0) is 18.2 Å². The molecular formula is C18H24N4O2. The molecule has 2 aliphatic rings. The van der Waals surface area contributed by atoms with Crippen molar-refractivity contribution in [3.05, 3.63) is 29.3 Å². The monoisotopic (exact) mass is 328 g/mol. The Morgan fingerprint density at radius 2 is 2.08 bits per heavy atom. The lowest BCUT2D eigenvalue weighted by Crippen LogP contribution is -2.61. The first-order valence-electron chi connectivity index (χ1n) is 8.34. The van der Waals surface area contributed by atoms with Gasteiger partial charge in [0.1, 0.15) is 0 Å². The second kappa shape index (κ2) is 7.67. The molecule has 0 atom stereocenters. The Kier molecular flexibility index (Phi) is 5.36. The summed E-state index contributed by atoms with van der Waals surface area (Å²) >= 11 is 0. The fourth-order valence-electron chi connectivity index (χ4n) is 3.14. The number of hydrogen-bond acceptors (Lipinski definition) is 6. The number of esters is 1. The molecule has 128 valence electrons. The highest BCUT2D eigenvalue weighted by atomic mass is 16.5. The highest BCUT2D eigenvalue weighted by Gasteiger charge is 2.28. The number of rotatable bonds is 3. The largest absolute Gasteiger partial charge is 0.465 e. The van der Waals surface area contributed by atoms with E-state index in [2.05, 4.69) is 27.0 Å². The number of nitrogens with zero attached hydrogens (tertiary/aromatic N) is 2. The van der Waals surface area contributed by atoms with Gasteiger partial charge in [0.05, 0.1) is 19.2 Å². The molecule has 0 saturated carbocycles. The first-order chi connectivity index (χ1) is 11.7. The second-order valence-corrected chi connectivity index (χ2v) is 6.06. The summed E-state index contributed by atoms with van der Waals surface area (Å²) < 4.78 is 4.84. The van der Waals surface area contributed by atoms with Gasteiger partial charge in [0.2, 0.25) is 0 Å². The van der Waals surface area contributed by atoms with Gasteiger partial charge in [-0.2, -0.15) is 0 Å². The highest BCUT2D eigenvalue weighted by molar-refractivity contribution is 5.93. The average molecular weight is 328 g/mol. The molecule has 2 saturated heterocycles. The summed E-state index contributed by atoms with van der Waals surface area (Å²) in [5.74, 6) is 5.45. The van der Waals surface area contributed by atoms with Crippen LogP contribution in [0.15, 0.2) is 18.2 Å². The Morgan fingerprint density at radius 3 is 2.67 bits per heavy atom. The Morgan fingerprint density at radius 1 is 1.33 bits per heavy atom. The van der Waals surface area contributed by atoms with Crippen molar-refractivity contribution < 1.29 is 9.53 Å². The van der Waals surface area contributed by atoms with E-state index in [4.69, 9.17) is 10.5 Å². The van der Waals surface area contributed by atoms with E-state index in [0.717, 1.165) is 45.0 Å². The lowest BCUT2D eigenvalue weighted by atomic mass is 10.1. The number of ether oxygens (including phenoxy) is 1. The van der Waals surface area contributed by atoms with Crippen LogP contribution in [-0.2, 0) is 4.74 Å². The summed E-state index contributed by atoms with van der Waals surface area (Å²) in [5.41, 5.74) is 7.72. The molecule has 0 amide bonds. The van der Waals surface area contributed by atoms with Gasteiger partial charge in [-0.3, -0.25) is 4.90 Å². The van der Waals surface area contributed by atoms with Gasteiger partial charge >= 0.3 is 5.97 Å². The molecule has 0 radical (unpaired) electrons. The Bertz CT molecular complexity index is 653. The van der Waals surface area contributed by atoms with Crippen molar-refractivity contribution in [2.24, 2.45) is 5.73 Å². The van der Waals surface area contributed by atoms with Crippen molar-refractivity contribution in [3.63, 3.8) is 0 Å². The van der Waals surface area contributed by atoms with E-state index in [1.165, 1.54) is 7.11 Å². The van der Waals surface area contributed by atoms with E-state index in [1.807, 2.05) is 12.1 Å². The van der Waals surface area contributed by atoms with E-state index in [1.54, 1.807) is 6.07 Å². The fourth-order valence-corrected chi connectivity index (χ4v) is 3.14. The summed E-state index contributed by atoms with van der Waals surface area (Å²) in [5, 5.41) is 3.33. The molecule has 0 spiro atoms. The van der Waals surface area contributed by atoms with Crippen LogP contribution in [0, 0.1) is 11.8 Å². The summed E-state index contributed by atoms with van der Waals surface area (Å²) in [6.45, 7) is 6.57. The number of carbonyl (C=O) groups is 1. The molecule has 6 nitrogen and oxygen atoms in total. The summed E-state index contributed by atoms with van der Waals surface area (Å²) in [6, 6.07) is 6.43. The smallest absolute Gasteiger partial charge is 0.339 e. The summed E-state index contributed by atoms with van der Waals surface area (Å²) in [6.07, 6.45) is 0. The molecule has 2 fully saturated rings. The molecule has 0 aromatic heterocycles. The molecule has 0 unspecified atom stereocenters. The average Bonchev–Trinajstić information content (AvgIpc) is 2.58. The third-order valence-electron chi connectivity index (χ3n) is 4.69. The van der Waals surface area contributed by atoms with Crippen LogP contribution in [0.1, 0.15) is 15.9 Å². The van der Waals surface area contributed by atoms with Gasteiger partial charge in [0, 0.05) is 56.6 Å². The zero-order chi connectivity index (χ0) is 16.9. The van der Waals surface area contributed by atoms with Gasteiger partial charge in [0.15, 0.2) is 0 Å². The van der Waals surface area contributed by atoms with Crippen LogP contribution >= 0.6 is 0 Å². The first-order valence-corrected chi connectivity index (χ1v) is 8.34. The molecule has 2 aliphatic heterocycles. The van der Waals surface area contributed by atoms with Crippen LogP contribution in [0.2, 0.25) is 0 Å². The topological polar surface area (TPSA) is 70.8 Å². The summed E-state index contributed by atoms with van der Waals surface area (Å²) in [7, 11) is 1.38. The van der Waals surface area contributed by atoms with Gasteiger partial charge in [-0.15, -0.1) is 0 Å². The molecule has 0 bridgehead atoms. The molecule has 24 heavy (non-hydrogen) atoms. The molecule has 3 rings (SSSR count). The molecular weight excluding hydrogens is 304 g/mol. The van der Waals surface area contributed by atoms with Gasteiger partial charge in [-0.25, -0.2) is 4.79 Å². The van der Waals surface area contributed by atoms with Crippen molar-refractivity contribution in [3.8, 4) is 11.8 Å². The maximum absolute atomic E-state index is 11.9. The lowest BCUT2D eigenvalue weighted by molar-refractivity contribution is 0.0600. The number of benzene rings is 1. The second-order valence-electron chi connectivity index (χ2n) is 6.06. The predicted molar refractivity (Wildman–Crippen MR) is 94.2 cm³/mol. The number of methoxy groups -OCH3 is 1. The molecule has 3 N–H and O–H groups in total. The predicted octanol–water partition coefficient (Wildman–Crippen LogP) is -0.123. The van der Waals surface area contributed by atoms with Crippen molar-refractivity contribution in [2.75, 3.05) is 57.8 Å². The molecule has 1 aromatic carbocycles. The van der Waals surface area contributed by atoms with Crippen LogP contribution in [0.4, 0.5) is 5.69 Å². The van der Waals surface area contributed by atoms with Crippen LogP contribution in [0.3, 0.4) is 0 Å². The van der Waals surface area contributed by atoms with Crippen molar-refractivity contribution in [2.45, 2.75) is 6.04 Å². The minimum absolute atomic E-state index is 0.263. The number of carbonyl (C=O) groups excluding carboxylic acids is 1. The maximum Gasteiger partial charge on any atom is 0.339 e. The first kappa shape index (κ1) is 16.8. The lowest BCUT2D eigenvalue weighted by Gasteiger charge is -2.44. The highest BCUT2D eigenvalue weighted by Crippen LogP contribution is 2.22. The van der Waals surface area contributed by atoms with Crippen molar-refractivity contribution in [1.29, 1.82) is 0 Å². The van der Waals surface area contributed by atoms with Crippen LogP contribution in [-0.4, -0.2) is 69.8 Å². The third kappa shape index (κ3) is 3.54. The SMILES string of the molecule is COC(=O)c1ccc(N2CCN(C3CNC3)CC2)cc1C#CCN. The number of anilines is 1. The fraction of sp³-hybridized carbons (Fsp3) is 0.500. The Balaban J connectivity index is 1.75. The van der Waals surface area contributed by atoms with E-state index < -0.39 is 0 Å². The normalized spacial score (nSPS) is 18.5. The van der Waals surface area contributed by atoms with E-state index in [0.29, 0.717) is 17.2 Å². The van der Waals surface area contributed by atoms with E-state index in [-0.39, 0.29) is 12.5 Å². The van der Waals surface area contributed by atoms with Gasteiger partial charge in [0.25, 0.3) is 0 Å². The van der Waals surface area contributed by atoms with Gasteiger partial charge < -0.3 is 20.7 Å². The third-order valence-corrected chi connectivity index (χ3v) is 4.69. The molecule has 6 heteroatoms. The van der Waals surface area contributed by atoms with Crippen molar-refractivity contribution in [1.82, 2.24) is 10.2 Å². The number of nitrogens with one attached hydrogen (secondary N) is 1. The Hall–Kier alpha value is -2.07. The maximum atomic E-state index is 11.9. The minimum atomic E-state index is -0.370. The van der Waals surface area contributed by atoms with Crippen LogP contribution < -0.4 is 16.0 Å². The number of hydrogen-bond donors (Lipinski definition) is 2. The molecule has 1 aromatic rings. The standard InChI is InChI=1S/C18H24N4O2/c1-24-18(23)17-5-4-15(11-14(17)3-2-6-19)21-7-9-22(10-8-21)16-12-20-13-16/h4-5,11,16,20H,6-10,12-13,19H2,1H3. The van der Waals surface area contributed by atoms with Crippen LogP contribution in [0.5, 0.6) is 0 Å². The number of piperazine rings is 1. The van der Waals surface area contributed by atoms with Crippen molar-refractivity contribution >= 4 is 11.7 Å². The number of nitrogens with two attached hydrogens (primary N) is 1. The van der Waals surface area contributed by atoms with Gasteiger partial charge in [-0.1, -0.05) is 11.8 Å². The minimum Gasteiger partial charge on any atom is -0.465 e. The zero-order valence-corrected chi connectivity index (χ0v) is 14.0. The molecule has 2 heterocycles. The Labute approximate surface area is 142 Å². The van der Waals surface area contributed by atoms with E-state index >= 15 is 0 Å². The van der Waals surface area contributed by atoms with E-state index in [9.17, 15) is 4.79 Å². The molecule has 0 aliphatic carbocycles.